The minimum Gasteiger partial charge on any atom is -0.462 e. The van der Waals surface area contributed by atoms with Crippen molar-refractivity contribution in [2.24, 2.45) is 0 Å². The Morgan fingerprint density at radius 3 is 2.44 bits per heavy atom. The van der Waals surface area contributed by atoms with Crippen molar-refractivity contribution in [1.29, 1.82) is 0 Å². The van der Waals surface area contributed by atoms with Gasteiger partial charge in [0.1, 0.15) is 5.56 Å². The van der Waals surface area contributed by atoms with Crippen LogP contribution in [0.3, 0.4) is 0 Å². The smallest absolute Gasteiger partial charge is 0.343 e. The molecule has 7 nitrogen and oxygen atoms in total. The van der Waals surface area contributed by atoms with Crippen LogP contribution < -0.4 is 4.72 Å². The summed E-state index contributed by atoms with van der Waals surface area (Å²) in [7, 11) is -3.98. The molecule has 3 aromatic rings. The molecule has 0 amide bonds. The van der Waals surface area contributed by atoms with Crippen molar-refractivity contribution in [1.82, 2.24) is 9.78 Å². The first-order valence-electron chi connectivity index (χ1n) is 8.01. The normalized spacial score (nSPS) is 11.2. The first-order valence-corrected chi connectivity index (χ1v) is 9.87. The van der Waals surface area contributed by atoms with Crippen LogP contribution in [0, 0.1) is 0 Å². The van der Waals surface area contributed by atoms with Crippen molar-refractivity contribution in [3.8, 4) is 5.69 Å². The Morgan fingerprint density at radius 2 is 1.81 bits per heavy atom. The van der Waals surface area contributed by atoms with Crippen LogP contribution in [0.4, 0.5) is 5.82 Å². The predicted octanol–water partition coefficient (Wildman–Crippen LogP) is 3.50. The fourth-order valence-corrected chi connectivity index (χ4v) is 3.56. The highest BCUT2D eigenvalue weighted by molar-refractivity contribution is 7.92. The molecule has 9 heteroatoms. The Hall–Kier alpha value is -2.84. The first kappa shape index (κ1) is 18.9. The number of carbonyl (C=O) groups is 1. The van der Waals surface area contributed by atoms with Gasteiger partial charge < -0.3 is 4.74 Å². The largest absolute Gasteiger partial charge is 0.462 e. The molecule has 0 bridgehead atoms. The molecule has 0 atom stereocenters. The third-order valence-electron chi connectivity index (χ3n) is 3.62. The number of hydrogen-bond donors (Lipinski definition) is 1. The van der Waals surface area contributed by atoms with Gasteiger partial charge in [-0.15, -0.1) is 0 Å². The highest BCUT2D eigenvalue weighted by Gasteiger charge is 2.24. The van der Waals surface area contributed by atoms with E-state index in [1.54, 1.807) is 31.2 Å². The van der Waals surface area contributed by atoms with Crippen LogP contribution in [0.25, 0.3) is 5.69 Å². The molecule has 0 saturated heterocycles. The van der Waals surface area contributed by atoms with E-state index >= 15 is 0 Å². The second-order valence-corrected chi connectivity index (χ2v) is 7.55. The molecule has 1 aromatic heterocycles. The number of aromatic nitrogens is 2. The zero-order valence-corrected chi connectivity index (χ0v) is 15.9. The van der Waals surface area contributed by atoms with E-state index in [2.05, 4.69) is 9.82 Å². The van der Waals surface area contributed by atoms with E-state index < -0.39 is 16.0 Å². The van der Waals surface area contributed by atoms with Gasteiger partial charge in [-0.1, -0.05) is 29.8 Å². The van der Waals surface area contributed by atoms with E-state index in [0.717, 1.165) is 0 Å². The molecule has 3 rings (SSSR count). The van der Waals surface area contributed by atoms with Gasteiger partial charge >= 0.3 is 5.97 Å². The quantitative estimate of drug-likeness (QED) is 0.634. The summed E-state index contributed by atoms with van der Waals surface area (Å²) < 4.78 is 34.3. The van der Waals surface area contributed by atoms with Gasteiger partial charge in [-0.05, 0) is 43.3 Å². The maximum Gasteiger partial charge on any atom is 0.343 e. The molecule has 2 aromatic carbocycles. The molecule has 0 spiro atoms. The van der Waals surface area contributed by atoms with Crippen molar-refractivity contribution >= 4 is 33.4 Å². The Morgan fingerprint density at radius 1 is 1.15 bits per heavy atom. The number of nitrogens with one attached hydrogen (secondary N) is 1. The molecular weight excluding hydrogens is 390 g/mol. The molecule has 1 N–H and O–H groups in total. The van der Waals surface area contributed by atoms with E-state index in [9.17, 15) is 13.2 Å². The van der Waals surface area contributed by atoms with Gasteiger partial charge in [0.15, 0.2) is 5.82 Å². The van der Waals surface area contributed by atoms with Crippen molar-refractivity contribution in [3.63, 3.8) is 0 Å². The fraction of sp³-hybridized carbons (Fsp3) is 0.111. The van der Waals surface area contributed by atoms with Crippen LogP contribution in [0.1, 0.15) is 17.3 Å². The maximum absolute atomic E-state index is 12.8. The standard InChI is InChI=1S/C18H16ClN3O4S/c1-2-26-18(23)16-12-20-22(14-6-4-3-5-7-14)17(16)21-27(24,25)15-10-8-13(19)9-11-15/h3-12,21H,2H2,1H3. The predicted molar refractivity (Wildman–Crippen MR) is 102 cm³/mol. The van der Waals surface area contributed by atoms with Crippen LogP contribution in [-0.2, 0) is 14.8 Å². The Balaban J connectivity index is 2.07. The van der Waals surface area contributed by atoms with Crippen LogP contribution >= 0.6 is 11.6 Å². The van der Waals surface area contributed by atoms with Gasteiger partial charge in [0.2, 0.25) is 0 Å². The van der Waals surface area contributed by atoms with Crippen LogP contribution in [0.2, 0.25) is 5.02 Å². The molecule has 0 unspecified atom stereocenters. The Labute approximate surface area is 161 Å². The van der Waals surface area contributed by atoms with Gasteiger partial charge in [-0.3, -0.25) is 4.72 Å². The number of hydrogen-bond acceptors (Lipinski definition) is 5. The Kier molecular flexibility index (Phi) is 5.48. The average molecular weight is 406 g/mol. The van der Waals surface area contributed by atoms with E-state index in [1.165, 1.54) is 35.1 Å². The van der Waals surface area contributed by atoms with Crippen molar-refractivity contribution < 1.29 is 17.9 Å². The molecule has 0 radical (unpaired) electrons. The Bertz CT molecular complexity index is 1050. The summed E-state index contributed by atoms with van der Waals surface area (Å²) in [6, 6.07) is 14.5. The van der Waals surface area contributed by atoms with Gasteiger partial charge in [0.25, 0.3) is 10.0 Å². The summed E-state index contributed by atoms with van der Waals surface area (Å²) in [5.74, 6) is -0.678. The SMILES string of the molecule is CCOC(=O)c1cnn(-c2ccccc2)c1NS(=O)(=O)c1ccc(Cl)cc1. The summed E-state index contributed by atoms with van der Waals surface area (Å²) in [4.78, 5) is 12.3. The number of para-hydroxylation sites is 1. The minimum absolute atomic E-state index is 0.00233. The summed E-state index contributed by atoms with van der Waals surface area (Å²) in [6.45, 7) is 1.82. The number of sulfonamides is 1. The zero-order chi connectivity index (χ0) is 19.4. The second kappa shape index (κ2) is 7.81. The highest BCUT2D eigenvalue weighted by atomic mass is 35.5. The molecule has 0 saturated carbocycles. The molecule has 0 aliphatic rings. The topological polar surface area (TPSA) is 90.3 Å². The third kappa shape index (κ3) is 4.12. The lowest BCUT2D eigenvalue weighted by Gasteiger charge is -2.12. The van der Waals surface area contributed by atoms with E-state index in [0.29, 0.717) is 10.7 Å². The number of benzene rings is 2. The number of anilines is 1. The molecule has 0 fully saturated rings. The van der Waals surface area contributed by atoms with Crippen molar-refractivity contribution in [3.05, 3.63) is 71.4 Å². The fourth-order valence-electron chi connectivity index (χ4n) is 2.37. The minimum atomic E-state index is -3.98. The maximum atomic E-state index is 12.8. The number of halogens is 1. The van der Waals surface area contributed by atoms with E-state index in [4.69, 9.17) is 16.3 Å². The summed E-state index contributed by atoms with van der Waals surface area (Å²) in [5, 5.41) is 4.56. The third-order valence-corrected chi connectivity index (χ3v) is 5.23. The van der Waals surface area contributed by atoms with Gasteiger partial charge in [-0.25, -0.2) is 17.9 Å². The number of rotatable bonds is 6. The summed E-state index contributed by atoms with van der Waals surface area (Å²) in [5.41, 5.74) is 0.597. The molecule has 0 aliphatic heterocycles. The number of esters is 1. The van der Waals surface area contributed by atoms with E-state index in [-0.39, 0.29) is 22.9 Å². The first-order chi connectivity index (χ1) is 12.9. The van der Waals surface area contributed by atoms with Crippen LogP contribution in [0.5, 0.6) is 0 Å². The molecule has 1 heterocycles. The second-order valence-electron chi connectivity index (χ2n) is 5.43. The van der Waals surface area contributed by atoms with Gasteiger partial charge in [0.05, 0.1) is 23.4 Å². The van der Waals surface area contributed by atoms with Crippen molar-refractivity contribution in [2.75, 3.05) is 11.3 Å². The summed E-state index contributed by atoms with van der Waals surface area (Å²) >= 11 is 5.82. The van der Waals surface area contributed by atoms with Crippen LogP contribution in [0.15, 0.2) is 65.7 Å². The lowest BCUT2D eigenvalue weighted by Crippen LogP contribution is -2.18. The number of carbonyl (C=O) groups excluding carboxylic acids is 1. The van der Waals surface area contributed by atoms with Gasteiger partial charge in [-0.2, -0.15) is 5.10 Å². The van der Waals surface area contributed by atoms with Crippen LogP contribution in [-0.4, -0.2) is 30.8 Å². The summed E-state index contributed by atoms with van der Waals surface area (Å²) in [6.07, 6.45) is 1.27. The zero-order valence-electron chi connectivity index (χ0n) is 14.3. The molecule has 140 valence electrons. The lowest BCUT2D eigenvalue weighted by molar-refractivity contribution is 0.0527. The number of ether oxygens (including phenoxy) is 1. The van der Waals surface area contributed by atoms with E-state index in [1.807, 2.05) is 6.07 Å². The molecule has 27 heavy (non-hydrogen) atoms. The van der Waals surface area contributed by atoms with Crippen molar-refractivity contribution in [2.45, 2.75) is 11.8 Å². The van der Waals surface area contributed by atoms with Gasteiger partial charge in [0, 0.05) is 5.02 Å². The average Bonchev–Trinajstić information content (AvgIpc) is 3.06. The molecular formula is C18H16ClN3O4S. The lowest BCUT2D eigenvalue weighted by atomic mass is 10.3. The highest BCUT2D eigenvalue weighted by Crippen LogP contribution is 2.25. The number of nitrogens with zero attached hydrogens (tertiary/aromatic N) is 2. The molecule has 0 aliphatic carbocycles. The monoisotopic (exact) mass is 405 g/mol.